The van der Waals surface area contributed by atoms with Gasteiger partial charge in [0.2, 0.25) is 10.0 Å². The number of sulfonamides is 1. The van der Waals surface area contributed by atoms with E-state index >= 15 is 0 Å². The Morgan fingerprint density at radius 3 is 2.57 bits per heavy atom. The van der Waals surface area contributed by atoms with Crippen molar-refractivity contribution < 1.29 is 22.4 Å². The van der Waals surface area contributed by atoms with E-state index in [9.17, 15) is 13.2 Å². The summed E-state index contributed by atoms with van der Waals surface area (Å²) in [5.41, 5.74) is 1.33. The first-order chi connectivity index (χ1) is 14.4. The summed E-state index contributed by atoms with van der Waals surface area (Å²) in [7, 11) is -3.50. The smallest absolute Gasteiger partial charge is 0.331 e. The van der Waals surface area contributed by atoms with Gasteiger partial charge in [0.25, 0.3) is 0 Å². The molecule has 0 N–H and O–H groups in total. The predicted octanol–water partition coefficient (Wildman–Crippen LogP) is 4.19. The van der Waals surface area contributed by atoms with Crippen LogP contribution in [0.3, 0.4) is 0 Å². The van der Waals surface area contributed by atoms with Gasteiger partial charge in [-0.05, 0) is 35.9 Å². The monoisotopic (exact) mass is 446 g/mol. The first kappa shape index (κ1) is 21.9. The van der Waals surface area contributed by atoms with Gasteiger partial charge in [-0.3, -0.25) is 0 Å². The highest BCUT2D eigenvalue weighted by Gasteiger charge is 2.20. The number of carbonyl (C=O) groups excluding carboxylic acids is 1. The van der Waals surface area contributed by atoms with Crippen LogP contribution in [-0.4, -0.2) is 36.8 Å². The number of ether oxygens (including phenoxy) is 1. The van der Waals surface area contributed by atoms with Crippen molar-refractivity contribution >= 4 is 33.4 Å². The molecule has 2 aromatic heterocycles. The van der Waals surface area contributed by atoms with Gasteiger partial charge in [-0.1, -0.05) is 26.0 Å². The van der Waals surface area contributed by atoms with Crippen molar-refractivity contribution in [2.24, 2.45) is 0 Å². The topological polar surface area (TPSA) is 89.7 Å². The Balaban J connectivity index is 1.56. The van der Waals surface area contributed by atoms with Gasteiger partial charge in [0.05, 0.1) is 16.9 Å². The van der Waals surface area contributed by atoms with Crippen LogP contribution in [0.2, 0.25) is 0 Å². The van der Waals surface area contributed by atoms with E-state index in [1.165, 1.54) is 33.9 Å². The maximum Gasteiger partial charge on any atom is 0.331 e. The third-order valence-electron chi connectivity index (χ3n) is 4.28. The number of aromatic nitrogens is 1. The maximum atomic E-state index is 12.5. The SMILES string of the molecule is CCN(CC)S(=O)(=O)c1ccc(/C=C/C(=O)OCc2csc(-c3ccco3)n2)cc1. The second-order valence-electron chi connectivity index (χ2n) is 6.22. The van der Waals surface area contributed by atoms with Crippen LogP contribution in [0.4, 0.5) is 0 Å². The third-order valence-corrected chi connectivity index (χ3v) is 7.25. The van der Waals surface area contributed by atoms with E-state index in [0.29, 0.717) is 30.1 Å². The number of hydrogen-bond acceptors (Lipinski definition) is 7. The van der Waals surface area contributed by atoms with Gasteiger partial charge in [0.1, 0.15) is 6.61 Å². The fourth-order valence-corrected chi connectivity index (χ4v) is 4.94. The summed E-state index contributed by atoms with van der Waals surface area (Å²) in [4.78, 5) is 16.6. The summed E-state index contributed by atoms with van der Waals surface area (Å²) in [6.07, 6.45) is 4.45. The molecule has 30 heavy (non-hydrogen) atoms. The van der Waals surface area contributed by atoms with Crippen molar-refractivity contribution in [2.75, 3.05) is 13.1 Å². The van der Waals surface area contributed by atoms with Crippen LogP contribution in [-0.2, 0) is 26.2 Å². The minimum Gasteiger partial charge on any atom is -0.462 e. The highest BCUT2D eigenvalue weighted by atomic mass is 32.2. The molecule has 3 rings (SSSR count). The lowest BCUT2D eigenvalue weighted by atomic mass is 10.2. The summed E-state index contributed by atoms with van der Waals surface area (Å²) in [5.74, 6) is 0.159. The van der Waals surface area contributed by atoms with Crippen molar-refractivity contribution in [3.63, 3.8) is 0 Å². The van der Waals surface area contributed by atoms with Crippen LogP contribution >= 0.6 is 11.3 Å². The summed E-state index contributed by atoms with van der Waals surface area (Å²) in [5, 5.41) is 2.53. The van der Waals surface area contributed by atoms with Gasteiger partial charge in [-0.2, -0.15) is 4.31 Å². The molecule has 0 saturated heterocycles. The van der Waals surface area contributed by atoms with Crippen LogP contribution in [0.15, 0.2) is 63.4 Å². The average molecular weight is 447 g/mol. The summed E-state index contributed by atoms with van der Waals surface area (Å²) in [6.45, 7) is 4.48. The molecule has 158 valence electrons. The fourth-order valence-electron chi connectivity index (χ4n) is 2.71. The van der Waals surface area contributed by atoms with Crippen LogP contribution in [0.5, 0.6) is 0 Å². The quantitative estimate of drug-likeness (QED) is 0.362. The molecule has 0 radical (unpaired) electrons. The zero-order chi connectivity index (χ0) is 21.6. The highest BCUT2D eigenvalue weighted by Crippen LogP contribution is 2.24. The Kier molecular flexibility index (Phi) is 7.20. The number of esters is 1. The molecule has 0 fully saturated rings. The summed E-state index contributed by atoms with van der Waals surface area (Å²) < 4.78 is 36.9. The lowest BCUT2D eigenvalue weighted by Crippen LogP contribution is -2.30. The minimum atomic E-state index is -3.50. The summed E-state index contributed by atoms with van der Waals surface area (Å²) in [6, 6.07) is 9.96. The number of thiazole rings is 1. The fraction of sp³-hybridized carbons (Fsp3) is 0.238. The van der Waals surface area contributed by atoms with Gasteiger partial charge in [-0.15, -0.1) is 11.3 Å². The largest absolute Gasteiger partial charge is 0.462 e. The Bertz CT molecular complexity index is 1100. The number of nitrogens with zero attached hydrogens (tertiary/aromatic N) is 2. The first-order valence-corrected chi connectivity index (χ1v) is 11.7. The molecule has 0 spiro atoms. The van der Waals surface area contributed by atoms with Crippen molar-refractivity contribution in [2.45, 2.75) is 25.3 Å². The molecule has 0 unspecified atom stereocenters. The van der Waals surface area contributed by atoms with E-state index < -0.39 is 16.0 Å². The van der Waals surface area contributed by atoms with E-state index in [1.807, 2.05) is 11.4 Å². The summed E-state index contributed by atoms with van der Waals surface area (Å²) >= 11 is 1.41. The molecule has 0 amide bonds. The second kappa shape index (κ2) is 9.84. The van der Waals surface area contributed by atoms with Gasteiger partial charge in [-0.25, -0.2) is 18.2 Å². The molecule has 1 aromatic carbocycles. The second-order valence-corrected chi connectivity index (χ2v) is 9.02. The van der Waals surface area contributed by atoms with Gasteiger partial charge >= 0.3 is 5.97 Å². The molecule has 9 heteroatoms. The normalized spacial score (nSPS) is 12.0. The molecule has 0 bridgehead atoms. The number of benzene rings is 1. The molecular weight excluding hydrogens is 424 g/mol. The third kappa shape index (κ3) is 5.24. The molecule has 0 aliphatic carbocycles. The zero-order valence-corrected chi connectivity index (χ0v) is 18.3. The van der Waals surface area contributed by atoms with E-state index in [-0.39, 0.29) is 11.5 Å². The van der Waals surface area contributed by atoms with Crippen molar-refractivity contribution in [1.29, 1.82) is 0 Å². The lowest BCUT2D eigenvalue weighted by molar-refractivity contribution is -0.139. The van der Waals surface area contributed by atoms with Crippen LogP contribution in [0.1, 0.15) is 25.1 Å². The Hall–Kier alpha value is -2.75. The Morgan fingerprint density at radius 1 is 1.20 bits per heavy atom. The van der Waals surface area contributed by atoms with Crippen molar-refractivity contribution in [1.82, 2.24) is 9.29 Å². The molecule has 7 nitrogen and oxygen atoms in total. The lowest BCUT2D eigenvalue weighted by Gasteiger charge is -2.18. The van der Waals surface area contributed by atoms with Gasteiger partial charge in [0.15, 0.2) is 10.8 Å². The molecule has 2 heterocycles. The van der Waals surface area contributed by atoms with Gasteiger partial charge < -0.3 is 9.15 Å². The molecule has 0 atom stereocenters. The molecule has 0 saturated carbocycles. The zero-order valence-electron chi connectivity index (χ0n) is 16.6. The number of carbonyl (C=O) groups is 1. The Labute approximate surface area is 179 Å². The van der Waals surface area contributed by atoms with Crippen LogP contribution in [0.25, 0.3) is 16.8 Å². The number of hydrogen-bond donors (Lipinski definition) is 0. The van der Waals surface area contributed by atoms with Crippen molar-refractivity contribution in [3.05, 3.63) is 65.4 Å². The standard InChI is InChI=1S/C21H22N2O5S2/c1-3-23(4-2)30(25,26)18-10-7-16(8-11-18)9-12-20(24)28-14-17-15-29-21(22-17)19-6-5-13-27-19/h5-13,15H,3-4,14H2,1-2H3/b12-9+. The van der Waals surface area contributed by atoms with Crippen LogP contribution < -0.4 is 0 Å². The van der Waals surface area contributed by atoms with Gasteiger partial charge in [0, 0.05) is 24.5 Å². The maximum absolute atomic E-state index is 12.5. The number of furan rings is 1. The number of rotatable bonds is 9. The van der Waals surface area contributed by atoms with E-state index in [1.54, 1.807) is 44.4 Å². The highest BCUT2D eigenvalue weighted by molar-refractivity contribution is 7.89. The minimum absolute atomic E-state index is 0.0570. The predicted molar refractivity (Wildman–Crippen MR) is 115 cm³/mol. The molecular formula is C21H22N2O5S2. The molecule has 0 aliphatic heterocycles. The average Bonchev–Trinajstić information content (AvgIpc) is 3.43. The Morgan fingerprint density at radius 2 is 1.93 bits per heavy atom. The van der Waals surface area contributed by atoms with Crippen molar-refractivity contribution in [3.8, 4) is 10.8 Å². The van der Waals surface area contributed by atoms with Crippen LogP contribution in [0, 0.1) is 0 Å². The molecule has 0 aliphatic rings. The van der Waals surface area contributed by atoms with E-state index in [0.717, 1.165) is 5.01 Å². The molecule has 3 aromatic rings. The van der Waals surface area contributed by atoms with E-state index in [4.69, 9.17) is 9.15 Å². The first-order valence-electron chi connectivity index (χ1n) is 9.37. The van der Waals surface area contributed by atoms with E-state index in [2.05, 4.69) is 4.98 Å².